The first kappa shape index (κ1) is 13.7. The first-order chi connectivity index (χ1) is 7.93. The van der Waals surface area contributed by atoms with Crippen LogP contribution in [0, 0.1) is 0 Å². The summed E-state index contributed by atoms with van der Waals surface area (Å²) < 4.78 is 27.1. The minimum atomic E-state index is -3.17. The molecule has 0 atom stereocenters. The van der Waals surface area contributed by atoms with Gasteiger partial charge in [-0.3, -0.25) is 4.79 Å². The molecule has 0 bridgehead atoms. The van der Waals surface area contributed by atoms with Crippen LogP contribution in [0.25, 0.3) is 0 Å². The topological polar surface area (TPSA) is 72.5 Å². The zero-order chi connectivity index (χ0) is 12.9. The second kappa shape index (κ2) is 5.79. The van der Waals surface area contributed by atoms with Crippen LogP contribution in [0.1, 0.15) is 5.56 Å². The molecule has 17 heavy (non-hydrogen) atoms. The van der Waals surface area contributed by atoms with Crippen LogP contribution >= 0.6 is 0 Å². The third kappa shape index (κ3) is 4.54. The monoisotopic (exact) mass is 257 g/mol. The van der Waals surface area contributed by atoms with Crippen molar-refractivity contribution < 1.29 is 17.9 Å². The summed E-state index contributed by atoms with van der Waals surface area (Å²) >= 11 is 0. The predicted molar refractivity (Wildman–Crippen MR) is 63.3 cm³/mol. The van der Waals surface area contributed by atoms with Crippen molar-refractivity contribution in [2.75, 3.05) is 20.0 Å². The van der Waals surface area contributed by atoms with Crippen LogP contribution < -0.4 is 5.32 Å². The van der Waals surface area contributed by atoms with E-state index < -0.39 is 9.84 Å². The Morgan fingerprint density at radius 1 is 1.29 bits per heavy atom. The number of carbonyl (C=O) groups is 1. The highest BCUT2D eigenvalue weighted by Gasteiger charge is 2.06. The number of sulfone groups is 1. The first-order valence-electron chi connectivity index (χ1n) is 4.98. The Kier molecular flexibility index (Phi) is 4.65. The van der Waals surface area contributed by atoms with Crippen LogP contribution in [-0.4, -0.2) is 34.3 Å². The molecule has 1 rings (SSSR count). The first-order valence-corrected chi connectivity index (χ1v) is 6.87. The summed E-state index contributed by atoms with van der Waals surface area (Å²) in [5.41, 5.74) is 0.835. The van der Waals surface area contributed by atoms with Crippen LogP contribution in [0.3, 0.4) is 0 Å². The fourth-order valence-electron chi connectivity index (χ4n) is 1.24. The van der Waals surface area contributed by atoms with Gasteiger partial charge in [-0.25, -0.2) is 8.42 Å². The minimum absolute atomic E-state index is 0.0153. The second-order valence-corrected chi connectivity index (χ2v) is 5.64. The lowest BCUT2D eigenvalue weighted by molar-refractivity contribution is -0.124. The molecule has 0 aliphatic heterocycles. The fraction of sp³-hybridized carbons (Fsp3) is 0.364. The summed E-state index contributed by atoms with van der Waals surface area (Å²) in [5, 5.41) is 2.64. The highest BCUT2D eigenvalue weighted by atomic mass is 32.2. The molecule has 0 fully saturated rings. The Bertz CT molecular complexity index is 479. The van der Waals surface area contributed by atoms with Crippen molar-refractivity contribution in [1.29, 1.82) is 0 Å². The maximum Gasteiger partial charge on any atom is 0.246 e. The Morgan fingerprint density at radius 2 is 1.88 bits per heavy atom. The molecule has 0 aliphatic carbocycles. The van der Waals surface area contributed by atoms with E-state index >= 15 is 0 Å². The molecule has 0 spiro atoms. The lowest BCUT2D eigenvalue weighted by atomic mass is 10.2. The summed E-state index contributed by atoms with van der Waals surface area (Å²) in [6.45, 7) is 0.369. The van der Waals surface area contributed by atoms with Gasteiger partial charge < -0.3 is 10.1 Å². The van der Waals surface area contributed by atoms with E-state index in [0.29, 0.717) is 6.54 Å². The lowest BCUT2D eigenvalue weighted by Crippen LogP contribution is -2.26. The van der Waals surface area contributed by atoms with Crippen molar-refractivity contribution in [3.8, 4) is 0 Å². The van der Waals surface area contributed by atoms with Crippen LogP contribution in [0.15, 0.2) is 29.2 Å². The highest BCUT2D eigenvalue weighted by molar-refractivity contribution is 7.90. The van der Waals surface area contributed by atoms with E-state index in [1.807, 2.05) is 0 Å². The molecule has 1 N–H and O–H groups in total. The van der Waals surface area contributed by atoms with Gasteiger partial charge >= 0.3 is 0 Å². The van der Waals surface area contributed by atoms with Gasteiger partial charge in [-0.05, 0) is 17.7 Å². The number of benzene rings is 1. The number of carbonyl (C=O) groups excluding carboxylic acids is 1. The van der Waals surface area contributed by atoms with E-state index in [0.717, 1.165) is 11.8 Å². The van der Waals surface area contributed by atoms with Gasteiger partial charge in [0.1, 0.15) is 6.61 Å². The summed E-state index contributed by atoms with van der Waals surface area (Å²) in [7, 11) is -1.72. The summed E-state index contributed by atoms with van der Waals surface area (Å²) in [6, 6.07) is 6.38. The lowest BCUT2D eigenvalue weighted by Gasteiger charge is -2.05. The normalized spacial score (nSPS) is 11.2. The zero-order valence-corrected chi connectivity index (χ0v) is 10.6. The van der Waals surface area contributed by atoms with Crippen LogP contribution in [0.4, 0.5) is 0 Å². The quantitative estimate of drug-likeness (QED) is 0.826. The average Bonchev–Trinajstić information content (AvgIpc) is 2.26. The largest absolute Gasteiger partial charge is 0.375 e. The Hall–Kier alpha value is -1.40. The van der Waals surface area contributed by atoms with Crippen molar-refractivity contribution >= 4 is 15.7 Å². The van der Waals surface area contributed by atoms with E-state index in [2.05, 4.69) is 10.1 Å². The zero-order valence-electron chi connectivity index (χ0n) is 9.76. The Balaban J connectivity index is 2.60. The molecular weight excluding hydrogens is 242 g/mol. The van der Waals surface area contributed by atoms with E-state index in [1.165, 1.54) is 19.2 Å². The predicted octanol–water partition coefficient (Wildman–Crippen LogP) is 0.353. The number of methoxy groups -OCH3 is 1. The maximum absolute atomic E-state index is 11.2. The van der Waals surface area contributed by atoms with Crippen molar-refractivity contribution in [2.45, 2.75) is 11.4 Å². The summed E-state index contributed by atoms with van der Waals surface area (Å²) in [6.07, 6.45) is 1.16. The molecule has 6 heteroatoms. The molecule has 94 valence electrons. The van der Waals surface area contributed by atoms with Gasteiger partial charge in [0.15, 0.2) is 9.84 Å². The molecule has 1 amide bonds. The molecule has 0 aliphatic rings. The minimum Gasteiger partial charge on any atom is -0.375 e. The van der Waals surface area contributed by atoms with Gasteiger partial charge in [0.05, 0.1) is 4.90 Å². The number of rotatable bonds is 5. The van der Waals surface area contributed by atoms with E-state index in [9.17, 15) is 13.2 Å². The SMILES string of the molecule is COCC(=O)NCc1ccc(S(C)(=O)=O)cc1. The van der Waals surface area contributed by atoms with Gasteiger partial charge in [0, 0.05) is 19.9 Å². The highest BCUT2D eigenvalue weighted by Crippen LogP contribution is 2.09. The Morgan fingerprint density at radius 3 is 2.35 bits per heavy atom. The molecule has 1 aromatic carbocycles. The van der Waals surface area contributed by atoms with Crippen LogP contribution in [0.2, 0.25) is 0 Å². The summed E-state index contributed by atoms with van der Waals surface area (Å²) in [4.78, 5) is 11.4. The van der Waals surface area contributed by atoms with Crippen molar-refractivity contribution in [2.24, 2.45) is 0 Å². The summed E-state index contributed by atoms with van der Waals surface area (Å²) in [5.74, 6) is -0.209. The van der Waals surface area contributed by atoms with Crippen LogP contribution in [-0.2, 0) is 25.9 Å². The maximum atomic E-state index is 11.2. The van der Waals surface area contributed by atoms with Crippen LogP contribution in [0.5, 0.6) is 0 Å². The third-order valence-electron chi connectivity index (χ3n) is 2.12. The average molecular weight is 257 g/mol. The smallest absolute Gasteiger partial charge is 0.246 e. The van der Waals surface area contributed by atoms with Gasteiger partial charge in [-0.1, -0.05) is 12.1 Å². The molecule has 0 unspecified atom stereocenters. The van der Waals surface area contributed by atoms with E-state index in [4.69, 9.17) is 0 Å². The van der Waals surface area contributed by atoms with E-state index in [1.54, 1.807) is 12.1 Å². The molecule has 5 nitrogen and oxygen atoms in total. The number of hydrogen-bond donors (Lipinski definition) is 1. The molecule has 0 aromatic heterocycles. The molecule has 0 saturated carbocycles. The second-order valence-electron chi connectivity index (χ2n) is 3.63. The molecule has 0 radical (unpaired) electrons. The van der Waals surface area contributed by atoms with Gasteiger partial charge in [0.25, 0.3) is 0 Å². The van der Waals surface area contributed by atoms with Crippen molar-refractivity contribution in [1.82, 2.24) is 5.32 Å². The number of nitrogens with one attached hydrogen (secondary N) is 1. The number of hydrogen-bond acceptors (Lipinski definition) is 4. The van der Waals surface area contributed by atoms with Gasteiger partial charge in [-0.15, -0.1) is 0 Å². The molecular formula is C11H15NO4S. The molecule has 0 saturated heterocycles. The Labute approximate surface area is 101 Å². The van der Waals surface area contributed by atoms with Gasteiger partial charge in [0.2, 0.25) is 5.91 Å². The van der Waals surface area contributed by atoms with Gasteiger partial charge in [-0.2, -0.15) is 0 Å². The standard InChI is InChI=1S/C11H15NO4S/c1-16-8-11(13)12-7-9-3-5-10(6-4-9)17(2,14)15/h3-6H,7-8H2,1-2H3,(H,12,13). The number of ether oxygens (including phenoxy) is 1. The molecule has 0 heterocycles. The fourth-order valence-corrected chi connectivity index (χ4v) is 1.87. The third-order valence-corrected chi connectivity index (χ3v) is 3.25. The number of amides is 1. The molecule has 1 aromatic rings. The van der Waals surface area contributed by atoms with Crippen molar-refractivity contribution in [3.05, 3.63) is 29.8 Å². The van der Waals surface area contributed by atoms with E-state index in [-0.39, 0.29) is 17.4 Å². The van der Waals surface area contributed by atoms with Crippen molar-refractivity contribution in [3.63, 3.8) is 0 Å².